The number of nitrogens with one attached hydrogen (secondary N) is 2. The van der Waals surface area contributed by atoms with Crippen molar-refractivity contribution in [2.75, 3.05) is 0 Å². The van der Waals surface area contributed by atoms with Crippen molar-refractivity contribution >= 4 is 26.8 Å². The van der Waals surface area contributed by atoms with E-state index in [1.807, 2.05) is 18.2 Å². The van der Waals surface area contributed by atoms with Gasteiger partial charge in [0.25, 0.3) is 15.9 Å². The Labute approximate surface area is 165 Å². The lowest BCUT2D eigenvalue weighted by molar-refractivity contribution is 0.0940. The van der Waals surface area contributed by atoms with Crippen LogP contribution in [-0.4, -0.2) is 19.3 Å². The van der Waals surface area contributed by atoms with Crippen LogP contribution in [0.5, 0.6) is 0 Å². The van der Waals surface area contributed by atoms with E-state index in [9.17, 15) is 13.2 Å². The third-order valence-electron chi connectivity index (χ3n) is 4.37. The van der Waals surface area contributed by atoms with Gasteiger partial charge in [-0.05, 0) is 48.6 Å². The molecule has 0 fully saturated rings. The van der Waals surface area contributed by atoms with E-state index in [1.165, 1.54) is 0 Å². The molecule has 28 heavy (non-hydrogen) atoms. The summed E-state index contributed by atoms with van der Waals surface area (Å²) in [6.45, 7) is 4.30. The van der Waals surface area contributed by atoms with Crippen molar-refractivity contribution in [3.8, 4) is 0 Å². The van der Waals surface area contributed by atoms with Crippen LogP contribution in [0.2, 0.25) is 0 Å². The molecule has 0 aliphatic heterocycles. The zero-order chi connectivity index (χ0) is 20.1. The summed E-state index contributed by atoms with van der Waals surface area (Å²) in [6, 6.07) is 17.4. The number of hydrogen-bond acceptors (Lipinski definition) is 4. The lowest BCUT2D eigenvalue weighted by Gasteiger charge is -2.10. The smallest absolute Gasteiger partial charge is 0.272 e. The van der Waals surface area contributed by atoms with Gasteiger partial charge in [0.2, 0.25) is 0 Å². The monoisotopic (exact) mass is 397 g/mol. The van der Waals surface area contributed by atoms with E-state index in [1.54, 1.807) is 42.5 Å². The fraction of sp³-hybridized carbons (Fsp3) is 0.238. The van der Waals surface area contributed by atoms with Crippen molar-refractivity contribution in [2.24, 2.45) is 5.92 Å². The highest BCUT2D eigenvalue weighted by Crippen LogP contribution is 2.14. The zero-order valence-corrected chi connectivity index (χ0v) is 16.7. The first-order valence-corrected chi connectivity index (χ1v) is 10.6. The number of amides is 1. The predicted molar refractivity (Wildman–Crippen MR) is 109 cm³/mol. The van der Waals surface area contributed by atoms with Crippen LogP contribution in [0, 0.1) is 5.92 Å². The Kier molecular flexibility index (Phi) is 6.06. The van der Waals surface area contributed by atoms with E-state index in [0.29, 0.717) is 11.4 Å². The van der Waals surface area contributed by atoms with Gasteiger partial charge >= 0.3 is 0 Å². The number of carbonyl (C=O) groups excluding carboxylic acids is 1. The third kappa shape index (κ3) is 4.94. The summed E-state index contributed by atoms with van der Waals surface area (Å²) in [4.78, 5) is 18.7. The van der Waals surface area contributed by atoms with Crippen LogP contribution in [0.3, 0.4) is 0 Å². The second kappa shape index (κ2) is 8.50. The minimum Gasteiger partial charge on any atom is -0.272 e. The summed E-state index contributed by atoms with van der Waals surface area (Å²) in [5.74, 6) is -0.0353. The SMILES string of the molecule is CC(C)CCc1ccc(S(=O)(=O)NNC(=O)c2ccc3ccccc3n2)cc1. The molecule has 146 valence electrons. The molecule has 0 radical (unpaired) electrons. The summed E-state index contributed by atoms with van der Waals surface area (Å²) in [7, 11) is -3.86. The van der Waals surface area contributed by atoms with E-state index in [2.05, 4.69) is 29.1 Å². The van der Waals surface area contributed by atoms with Gasteiger partial charge in [-0.1, -0.05) is 50.2 Å². The summed E-state index contributed by atoms with van der Waals surface area (Å²) >= 11 is 0. The number of para-hydroxylation sites is 1. The van der Waals surface area contributed by atoms with Gasteiger partial charge in [-0.25, -0.2) is 13.4 Å². The summed E-state index contributed by atoms with van der Waals surface area (Å²) in [5.41, 5.74) is 4.09. The topological polar surface area (TPSA) is 88.2 Å². The molecule has 2 aromatic carbocycles. The van der Waals surface area contributed by atoms with Crippen molar-refractivity contribution in [3.05, 3.63) is 71.9 Å². The average molecular weight is 398 g/mol. The number of benzene rings is 2. The molecule has 0 saturated carbocycles. The maximum Gasteiger partial charge on any atom is 0.284 e. The molecule has 0 atom stereocenters. The first-order chi connectivity index (χ1) is 13.3. The van der Waals surface area contributed by atoms with Crippen LogP contribution in [0.25, 0.3) is 10.9 Å². The molecular weight excluding hydrogens is 374 g/mol. The second-order valence-electron chi connectivity index (χ2n) is 7.03. The van der Waals surface area contributed by atoms with E-state index in [4.69, 9.17) is 0 Å². The highest BCUT2D eigenvalue weighted by Gasteiger charge is 2.16. The van der Waals surface area contributed by atoms with E-state index >= 15 is 0 Å². The number of hydrazine groups is 1. The fourth-order valence-corrected chi connectivity index (χ4v) is 3.56. The van der Waals surface area contributed by atoms with Gasteiger partial charge in [0.15, 0.2) is 0 Å². The van der Waals surface area contributed by atoms with Crippen LogP contribution < -0.4 is 10.3 Å². The molecule has 0 aliphatic carbocycles. The van der Waals surface area contributed by atoms with Crippen LogP contribution in [0.1, 0.15) is 36.3 Å². The Morgan fingerprint density at radius 2 is 1.71 bits per heavy atom. The van der Waals surface area contributed by atoms with E-state index in [-0.39, 0.29) is 10.6 Å². The molecular formula is C21H23N3O3S. The first-order valence-electron chi connectivity index (χ1n) is 9.12. The van der Waals surface area contributed by atoms with Crippen LogP contribution in [0.15, 0.2) is 65.6 Å². The molecule has 2 N–H and O–H groups in total. The molecule has 0 saturated heterocycles. The molecule has 1 aromatic heterocycles. The number of rotatable bonds is 7. The predicted octanol–water partition coefficient (Wildman–Crippen LogP) is 3.45. The van der Waals surface area contributed by atoms with Gasteiger partial charge in [-0.15, -0.1) is 4.83 Å². The van der Waals surface area contributed by atoms with Crippen LogP contribution in [-0.2, 0) is 16.4 Å². The second-order valence-corrected chi connectivity index (χ2v) is 8.71. The van der Waals surface area contributed by atoms with Crippen molar-refractivity contribution in [1.82, 2.24) is 15.2 Å². The van der Waals surface area contributed by atoms with Crippen LogP contribution >= 0.6 is 0 Å². The molecule has 1 amide bonds. The molecule has 0 aliphatic rings. The molecule has 3 rings (SSSR count). The number of sulfonamides is 1. The molecule has 0 unspecified atom stereocenters. The highest BCUT2D eigenvalue weighted by atomic mass is 32.2. The number of nitrogens with zero attached hydrogens (tertiary/aromatic N) is 1. The largest absolute Gasteiger partial charge is 0.284 e. The van der Waals surface area contributed by atoms with Gasteiger partial charge in [-0.3, -0.25) is 10.2 Å². The number of aromatic nitrogens is 1. The Balaban J connectivity index is 1.65. The third-order valence-corrected chi connectivity index (χ3v) is 5.64. The zero-order valence-electron chi connectivity index (χ0n) is 15.8. The number of fused-ring (bicyclic) bond motifs is 1. The van der Waals surface area contributed by atoms with Gasteiger partial charge in [0.05, 0.1) is 10.4 Å². The number of carbonyl (C=O) groups is 1. The van der Waals surface area contributed by atoms with Crippen molar-refractivity contribution in [3.63, 3.8) is 0 Å². The first kappa shape index (κ1) is 20.0. The molecule has 3 aromatic rings. The van der Waals surface area contributed by atoms with Crippen molar-refractivity contribution in [1.29, 1.82) is 0 Å². The van der Waals surface area contributed by atoms with Crippen molar-refractivity contribution < 1.29 is 13.2 Å². The molecule has 1 heterocycles. The van der Waals surface area contributed by atoms with Gasteiger partial charge < -0.3 is 0 Å². The van der Waals surface area contributed by atoms with Crippen molar-refractivity contribution in [2.45, 2.75) is 31.6 Å². The molecule has 7 heteroatoms. The lowest BCUT2D eigenvalue weighted by atomic mass is 10.0. The fourth-order valence-electron chi connectivity index (χ4n) is 2.72. The lowest BCUT2D eigenvalue weighted by Crippen LogP contribution is -2.41. The normalized spacial score (nSPS) is 11.7. The average Bonchev–Trinajstić information content (AvgIpc) is 2.70. The molecule has 0 spiro atoms. The van der Waals surface area contributed by atoms with Gasteiger partial charge in [0, 0.05) is 5.39 Å². The van der Waals surface area contributed by atoms with E-state index < -0.39 is 15.9 Å². The maximum absolute atomic E-state index is 12.4. The Bertz CT molecular complexity index is 1080. The summed E-state index contributed by atoms with van der Waals surface area (Å²) < 4.78 is 24.8. The van der Waals surface area contributed by atoms with Gasteiger partial charge in [0.1, 0.15) is 5.69 Å². The van der Waals surface area contributed by atoms with Gasteiger partial charge in [-0.2, -0.15) is 0 Å². The number of hydrogen-bond donors (Lipinski definition) is 2. The Morgan fingerprint density at radius 3 is 2.43 bits per heavy atom. The Morgan fingerprint density at radius 1 is 1.00 bits per heavy atom. The minimum atomic E-state index is -3.86. The van der Waals surface area contributed by atoms with E-state index in [0.717, 1.165) is 23.8 Å². The minimum absolute atomic E-state index is 0.0903. The summed E-state index contributed by atoms with van der Waals surface area (Å²) in [6.07, 6.45) is 1.94. The van der Waals surface area contributed by atoms with Crippen LogP contribution in [0.4, 0.5) is 0 Å². The summed E-state index contributed by atoms with van der Waals surface area (Å²) in [5, 5.41) is 0.900. The standard InChI is InChI=1S/C21H23N3O3S/c1-15(2)7-8-16-9-12-18(13-10-16)28(26,27)24-23-21(25)20-14-11-17-5-3-4-6-19(17)22-20/h3-6,9-15,24H,7-8H2,1-2H3,(H,23,25). The molecule has 6 nitrogen and oxygen atoms in total. The highest BCUT2D eigenvalue weighted by molar-refractivity contribution is 7.89. The maximum atomic E-state index is 12.4. The Hall–Kier alpha value is -2.77. The number of aryl methyl sites for hydroxylation is 1. The quantitative estimate of drug-likeness (QED) is 0.598. The molecule has 0 bridgehead atoms. The number of pyridine rings is 1.